The molecule has 5 nitrogen and oxygen atoms in total. The first kappa shape index (κ1) is 7.17. The number of rotatable bonds is 2. The molecule has 15 heavy (non-hydrogen) atoms. The number of nitrogens with zero attached hydrogens (tertiary/aromatic N) is 3. The number of nitrogens with two attached hydrogens (primary N) is 1. The minimum absolute atomic E-state index is 0.126. The molecule has 0 aliphatic heterocycles. The predicted molar refractivity (Wildman–Crippen MR) is 56.6 cm³/mol. The molecular weight excluding hydrogens is 192 g/mol. The van der Waals surface area contributed by atoms with E-state index in [0.717, 1.165) is 4.68 Å². The van der Waals surface area contributed by atoms with E-state index in [1.165, 1.54) is 6.92 Å². The summed E-state index contributed by atoms with van der Waals surface area (Å²) in [6, 6.07) is 8.83. The summed E-state index contributed by atoms with van der Waals surface area (Å²) in [6.45, 7) is 1.51. The minimum Gasteiger partial charge on any atom is -0.335 e. The Kier molecular flexibility index (Phi) is 1.69. The highest BCUT2D eigenvalue weighted by Crippen LogP contribution is 2.10. The van der Waals surface area contributed by atoms with Crippen molar-refractivity contribution in [2.45, 2.75) is 6.92 Å². The molecule has 0 spiro atoms. The molecule has 2 aromatic rings. The van der Waals surface area contributed by atoms with Crippen molar-refractivity contribution >= 4 is 0 Å². The van der Waals surface area contributed by atoms with E-state index in [9.17, 15) is 4.79 Å². The maximum absolute atomic E-state index is 12.0. The fraction of sp³-hybridized carbons (Fsp3) is 0.100. The lowest BCUT2D eigenvalue weighted by Crippen LogP contribution is -2.32. The predicted octanol–water partition coefficient (Wildman–Crippen LogP) is 0.328. The van der Waals surface area contributed by atoms with Gasteiger partial charge in [-0.2, -0.15) is 0 Å². The number of hydrogen-bond acceptors (Lipinski definition) is 4. The van der Waals surface area contributed by atoms with Crippen molar-refractivity contribution in [2.24, 2.45) is 0 Å². The maximum atomic E-state index is 12.0. The van der Waals surface area contributed by atoms with Gasteiger partial charge in [0.25, 0.3) is 5.56 Å². The van der Waals surface area contributed by atoms with Crippen molar-refractivity contribution in [2.75, 3.05) is 5.83 Å². The van der Waals surface area contributed by atoms with E-state index >= 15 is 0 Å². The second kappa shape index (κ2) is 3.53. The number of aromatic nitrogens is 3. The molecular formula is C10H10N4O. The van der Waals surface area contributed by atoms with Gasteiger partial charge in [0, 0.05) is 5.56 Å². The highest BCUT2D eigenvalue weighted by atomic mass is 16.1. The second-order valence-electron chi connectivity index (χ2n) is 3.08. The standard InChI is InChI=1S/C10H10N4O/c1-7-12-13-9(10(15)14(7)11)8-5-3-2-4-6-8/h2-6H,11H2,1H3/i/hD2. The third-order valence-corrected chi connectivity index (χ3v) is 2.04. The fourth-order valence-corrected chi connectivity index (χ4v) is 1.23. The number of aryl methyl sites for hydroxylation is 1. The molecule has 0 radical (unpaired) electrons. The SMILES string of the molecule is [2H]N([2H])n1c(C)nnc(-c2ccccc2)c1=O. The fourth-order valence-electron chi connectivity index (χ4n) is 1.23. The topological polar surface area (TPSA) is 73.8 Å². The first-order valence-electron chi connectivity index (χ1n) is 5.30. The van der Waals surface area contributed by atoms with Crippen LogP contribution in [-0.4, -0.2) is 14.9 Å². The van der Waals surface area contributed by atoms with Gasteiger partial charge < -0.3 is 5.83 Å². The van der Waals surface area contributed by atoms with Gasteiger partial charge in [0.05, 0.1) is 0 Å². The molecule has 0 bridgehead atoms. The van der Waals surface area contributed by atoms with Crippen molar-refractivity contribution in [1.29, 1.82) is 0 Å². The molecule has 2 rings (SSSR count). The quantitative estimate of drug-likeness (QED) is 0.715. The summed E-state index contributed by atoms with van der Waals surface area (Å²) in [5.41, 5.74) is 0.204. The van der Waals surface area contributed by atoms with E-state index in [1.54, 1.807) is 24.3 Å². The van der Waals surface area contributed by atoms with Crippen molar-refractivity contribution in [3.63, 3.8) is 0 Å². The van der Waals surface area contributed by atoms with E-state index in [1.807, 2.05) is 6.07 Å². The van der Waals surface area contributed by atoms with Crippen LogP contribution in [0.5, 0.6) is 0 Å². The summed E-state index contributed by atoms with van der Waals surface area (Å²) in [5, 5.41) is 7.58. The summed E-state index contributed by atoms with van der Waals surface area (Å²) in [6.07, 6.45) is 0. The molecule has 0 fully saturated rings. The van der Waals surface area contributed by atoms with Gasteiger partial charge in [-0.25, -0.2) is 4.68 Å². The van der Waals surface area contributed by atoms with Crippen LogP contribution in [0.2, 0.25) is 2.82 Å². The van der Waals surface area contributed by atoms with Crippen molar-refractivity contribution in [3.05, 3.63) is 46.5 Å². The molecule has 1 heterocycles. The minimum atomic E-state index is -0.534. The van der Waals surface area contributed by atoms with Gasteiger partial charge in [-0.3, -0.25) is 4.79 Å². The van der Waals surface area contributed by atoms with Crippen LogP contribution in [0.25, 0.3) is 11.3 Å². The Morgan fingerprint density at radius 3 is 2.73 bits per heavy atom. The van der Waals surface area contributed by atoms with Gasteiger partial charge in [0.15, 0.2) is 14.3 Å². The summed E-state index contributed by atoms with van der Waals surface area (Å²) in [4.78, 5) is 12.0. The van der Waals surface area contributed by atoms with Crippen LogP contribution >= 0.6 is 0 Å². The third kappa shape index (κ3) is 1.59. The summed E-state index contributed by atoms with van der Waals surface area (Å²) >= 11 is 0. The molecule has 0 unspecified atom stereocenters. The molecule has 5 heteroatoms. The van der Waals surface area contributed by atoms with Gasteiger partial charge >= 0.3 is 0 Å². The molecule has 1 aromatic carbocycles. The molecule has 0 aliphatic rings. The molecule has 0 saturated heterocycles. The van der Waals surface area contributed by atoms with Crippen LogP contribution < -0.4 is 11.4 Å². The lowest BCUT2D eigenvalue weighted by molar-refractivity contribution is 0.774. The summed E-state index contributed by atoms with van der Waals surface area (Å²) in [7, 11) is 0. The van der Waals surface area contributed by atoms with Gasteiger partial charge in [0.2, 0.25) is 0 Å². The average molecular weight is 204 g/mol. The van der Waals surface area contributed by atoms with Gasteiger partial charge in [-0.05, 0) is 6.92 Å². The monoisotopic (exact) mass is 204 g/mol. The zero-order valence-electron chi connectivity index (χ0n) is 10.1. The lowest BCUT2D eigenvalue weighted by Gasteiger charge is -2.03. The van der Waals surface area contributed by atoms with E-state index in [-0.39, 0.29) is 17.3 Å². The average Bonchev–Trinajstić information content (AvgIpc) is 2.30. The van der Waals surface area contributed by atoms with Crippen molar-refractivity contribution < 1.29 is 2.82 Å². The van der Waals surface area contributed by atoms with Crippen LogP contribution in [0.3, 0.4) is 0 Å². The smallest absolute Gasteiger partial charge is 0.298 e. The van der Waals surface area contributed by atoms with Crippen LogP contribution in [0.1, 0.15) is 5.82 Å². The normalized spacial score (nSPS) is 11.8. The van der Waals surface area contributed by atoms with E-state index in [2.05, 4.69) is 10.2 Å². The van der Waals surface area contributed by atoms with Crippen LogP contribution in [0, 0.1) is 6.92 Å². The summed E-state index contributed by atoms with van der Waals surface area (Å²) < 4.78 is 15.1. The summed E-state index contributed by atoms with van der Waals surface area (Å²) in [5.74, 6) is 0.387. The molecule has 2 N–H and O–H groups in total. The highest BCUT2D eigenvalue weighted by molar-refractivity contribution is 5.56. The molecule has 76 valence electrons. The van der Waals surface area contributed by atoms with Gasteiger partial charge in [-0.1, -0.05) is 30.3 Å². The Labute approximate surface area is 89.1 Å². The zero-order chi connectivity index (χ0) is 12.4. The molecule has 0 amide bonds. The lowest BCUT2D eigenvalue weighted by atomic mass is 10.2. The highest BCUT2D eigenvalue weighted by Gasteiger charge is 2.08. The number of hydrogen-bond donors (Lipinski definition) is 1. The van der Waals surface area contributed by atoms with E-state index in [0.29, 0.717) is 5.56 Å². The Morgan fingerprint density at radius 2 is 2.07 bits per heavy atom. The number of nitrogen functional groups attached to an aromatic ring is 1. The Bertz CT molecular complexity index is 583. The molecule has 0 saturated carbocycles. The number of benzene rings is 1. The van der Waals surface area contributed by atoms with Gasteiger partial charge in [0.1, 0.15) is 0 Å². The molecule has 0 aliphatic carbocycles. The Morgan fingerprint density at radius 1 is 1.33 bits per heavy atom. The van der Waals surface area contributed by atoms with Crippen molar-refractivity contribution in [3.8, 4) is 11.3 Å². The first-order valence-corrected chi connectivity index (χ1v) is 4.41. The maximum Gasteiger partial charge on any atom is 0.298 e. The van der Waals surface area contributed by atoms with Gasteiger partial charge in [-0.15, -0.1) is 10.2 Å². The van der Waals surface area contributed by atoms with Crippen LogP contribution in [0.15, 0.2) is 35.1 Å². The Balaban J connectivity index is 2.66. The van der Waals surface area contributed by atoms with Crippen LogP contribution in [0.4, 0.5) is 0 Å². The van der Waals surface area contributed by atoms with E-state index < -0.39 is 5.56 Å². The largest absolute Gasteiger partial charge is 0.335 e. The Hall–Kier alpha value is -2.17. The van der Waals surface area contributed by atoms with Crippen LogP contribution in [-0.2, 0) is 0 Å². The first-order chi connectivity index (χ1) is 8.11. The second-order valence-corrected chi connectivity index (χ2v) is 3.08. The van der Waals surface area contributed by atoms with E-state index in [4.69, 9.17) is 2.82 Å². The molecule has 1 aromatic heterocycles. The zero-order valence-corrected chi connectivity index (χ0v) is 8.08. The third-order valence-electron chi connectivity index (χ3n) is 2.04. The molecule has 0 atom stereocenters. The van der Waals surface area contributed by atoms with Crippen molar-refractivity contribution in [1.82, 2.24) is 14.9 Å².